The number of nitrogens with zero attached hydrogens (tertiary/aromatic N) is 4. The zero-order valence-electron chi connectivity index (χ0n) is 15.4. The lowest BCUT2D eigenvalue weighted by Crippen LogP contribution is -2.43. The maximum absolute atomic E-state index is 13.6. The molecule has 1 amide bonds. The molecule has 0 bridgehead atoms. The number of amides is 1. The van der Waals surface area contributed by atoms with Crippen LogP contribution in [-0.4, -0.2) is 48.7 Å². The Morgan fingerprint density at radius 1 is 1.32 bits per heavy atom. The monoisotopic (exact) mass is 401 g/mol. The summed E-state index contributed by atoms with van der Waals surface area (Å²) in [7, 11) is 0. The van der Waals surface area contributed by atoms with Crippen LogP contribution in [0, 0.1) is 5.82 Å². The normalized spacial score (nSPS) is 17.2. The van der Waals surface area contributed by atoms with Crippen LogP contribution in [0.4, 0.5) is 4.39 Å². The summed E-state index contributed by atoms with van der Waals surface area (Å²) in [6.07, 6.45) is 3.18. The van der Waals surface area contributed by atoms with E-state index in [-0.39, 0.29) is 23.3 Å². The van der Waals surface area contributed by atoms with Crippen molar-refractivity contribution in [3.63, 3.8) is 0 Å². The van der Waals surface area contributed by atoms with E-state index in [1.165, 1.54) is 34.5 Å². The molecule has 1 aliphatic heterocycles. The number of benzene rings is 1. The van der Waals surface area contributed by atoms with Crippen LogP contribution < -0.4 is 5.56 Å². The van der Waals surface area contributed by atoms with Gasteiger partial charge in [-0.25, -0.2) is 18.9 Å². The van der Waals surface area contributed by atoms with E-state index in [9.17, 15) is 14.0 Å². The quantitative estimate of drug-likeness (QED) is 0.680. The second-order valence-corrected chi connectivity index (χ2v) is 7.82. The molecule has 0 saturated carbocycles. The Balaban J connectivity index is 1.64. The van der Waals surface area contributed by atoms with E-state index in [0.29, 0.717) is 22.2 Å². The Kier molecular flexibility index (Phi) is 5.17. The summed E-state index contributed by atoms with van der Waals surface area (Å²) in [6, 6.07) is 7.55. The summed E-state index contributed by atoms with van der Waals surface area (Å²) in [4.78, 5) is 35.2. The van der Waals surface area contributed by atoms with Gasteiger partial charge >= 0.3 is 0 Å². The fourth-order valence-corrected chi connectivity index (χ4v) is 4.25. The summed E-state index contributed by atoms with van der Waals surface area (Å²) >= 11 is 1.24. The number of carbonyl (C=O) groups is 1. The lowest BCUT2D eigenvalue weighted by molar-refractivity contribution is -0.131. The Morgan fingerprint density at radius 2 is 2.18 bits per heavy atom. The minimum Gasteiger partial charge on any atom is -0.339 e. The van der Waals surface area contributed by atoms with Crippen molar-refractivity contribution in [3.8, 4) is 11.4 Å². The number of carbonyl (C=O) groups excluding carboxylic acids is 1. The standard InChI is InChI=1S/C19H20FN5O2S/c1-12-5-2-3-8-24(12)17(27)11-28-19-22-18(13-6-4-7-14(20)9-13)21-15-10-16(26)23-25(15)19/h4,6-7,9-10,12H,2-3,5,8,11H2,1H3,(H,23,26). The van der Waals surface area contributed by atoms with Gasteiger partial charge in [0, 0.05) is 24.2 Å². The molecule has 28 heavy (non-hydrogen) atoms. The van der Waals surface area contributed by atoms with Crippen LogP contribution in [0.15, 0.2) is 40.3 Å². The molecule has 1 N–H and O–H groups in total. The van der Waals surface area contributed by atoms with Crippen LogP contribution in [0.3, 0.4) is 0 Å². The number of aromatic nitrogens is 4. The first kappa shape index (κ1) is 18.7. The van der Waals surface area contributed by atoms with Gasteiger partial charge in [-0.2, -0.15) is 0 Å². The smallest absolute Gasteiger partial charge is 0.266 e. The van der Waals surface area contributed by atoms with Crippen molar-refractivity contribution in [1.29, 1.82) is 0 Å². The van der Waals surface area contributed by atoms with Gasteiger partial charge in [-0.1, -0.05) is 23.9 Å². The van der Waals surface area contributed by atoms with Crippen LogP contribution in [-0.2, 0) is 4.79 Å². The van der Waals surface area contributed by atoms with E-state index >= 15 is 0 Å². The number of thioether (sulfide) groups is 1. The van der Waals surface area contributed by atoms with Crippen molar-refractivity contribution in [2.75, 3.05) is 12.3 Å². The van der Waals surface area contributed by atoms with Gasteiger partial charge < -0.3 is 4.90 Å². The number of halogens is 1. The number of rotatable bonds is 4. The van der Waals surface area contributed by atoms with Crippen molar-refractivity contribution < 1.29 is 9.18 Å². The third kappa shape index (κ3) is 3.80. The van der Waals surface area contributed by atoms with Crippen molar-refractivity contribution >= 4 is 23.3 Å². The molecule has 0 radical (unpaired) electrons. The first-order valence-corrected chi connectivity index (χ1v) is 10.2. The van der Waals surface area contributed by atoms with Gasteiger partial charge in [0.15, 0.2) is 16.6 Å². The van der Waals surface area contributed by atoms with Crippen LogP contribution in [0.1, 0.15) is 26.2 Å². The van der Waals surface area contributed by atoms with Gasteiger partial charge in [0.05, 0.1) is 5.75 Å². The second-order valence-electron chi connectivity index (χ2n) is 6.87. The molecule has 146 valence electrons. The van der Waals surface area contributed by atoms with Crippen molar-refractivity contribution in [2.24, 2.45) is 0 Å². The average Bonchev–Trinajstić information content (AvgIpc) is 3.06. The highest BCUT2D eigenvalue weighted by atomic mass is 32.2. The third-order valence-electron chi connectivity index (χ3n) is 4.86. The minimum atomic E-state index is -0.393. The number of likely N-dealkylation sites (tertiary alicyclic amines) is 1. The lowest BCUT2D eigenvalue weighted by atomic mass is 10.0. The summed E-state index contributed by atoms with van der Waals surface area (Å²) in [6.45, 7) is 2.84. The predicted molar refractivity (Wildman–Crippen MR) is 105 cm³/mol. The SMILES string of the molecule is CC1CCCCN1C(=O)CSc1nc(-c2cccc(F)c2)nc2cc(=O)[nH]n12. The second kappa shape index (κ2) is 7.75. The molecular weight excluding hydrogens is 381 g/mol. The number of aromatic amines is 1. The molecule has 9 heteroatoms. The summed E-state index contributed by atoms with van der Waals surface area (Å²) in [5.74, 6) is 0.167. The number of nitrogens with one attached hydrogen (secondary N) is 1. The molecule has 1 atom stereocenters. The molecule has 3 aromatic rings. The number of hydrogen-bond acceptors (Lipinski definition) is 5. The molecular formula is C19H20FN5O2S. The topological polar surface area (TPSA) is 83.4 Å². The molecule has 3 heterocycles. The summed E-state index contributed by atoms with van der Waals surface area (Å²) < 4.78 is 15.1. The van der Waals surface area contributed by atoms with Gasteiger partial charge in [0.2, 0.25) is 5.91 Å². The molecule has 0 spiro atoms. The number of piperidine rings is 1. The van der Waals surface area contributed by atoms with Gasteiger partial charge in [-0.05, 0) is 38.3 Å². The van der Waals surface area contributed by atoms with E-state index in [4.69, 9.17) is 0 Å². The van der Waals surface area contributed by atoms with Crippen molar-refractivity contribution in [2.45, 2.75) is 37.4 Å². The van der Waals surface area contributed by atoms with E-state index < -0.39 is 5.82 Å². The molecule has 1 saturated heterocycles. The zero-order chi connectivity index (χ0) is 19.7. The van der Waals surface area contributed by atoms with E-state index in [0.717, 1.165) is 25.8 Å². The van der Waals surface area contributed by atoms with Crippen molar-refractivity contribution in [1.82, 2.24) is 24.5 Å². The summed E-state index contributed by atoms with van der Waals surface area (Å²) in [5.41, 5.74) is 0.568. The van der Waals surface area contributed by atoms with Crippen LogP contribution in [0.5, 0.6) is 0 Å². The minimum absolute atomic E-state index is 0.0470. The molecule has 4 rings (SSSR count). The molecule has 1 fully saturated rings. The Morgan fingerprint density at radius 3 is 2.96 bits per heavy atom. The highest BCUT2D eigenvalue weighted by molar-refractivity contribution is 7.99. The molecule has 1 aromatic carbocycles. The Bertz CT molecular complexity index is 1080. The fraction of sp³-hybridized carbons (Fsp3) is 0.368. The predicted octanol–water partition coefficient (Wildman–Crippen LogP) is 2.72. The zero-order valence-corrected chi connectivity index (χ0v) is 16.2. The van der Waals surface area contributed by atoms with Gasteiger partial charge in [0.1, 0.15) is 5.82 Å². The number of hydrogen-bond donors (Lipinski definition) is 1. The van der Waals surface area contributed by atoms with Crippen LogP contribution in [0.2, 0.25) is 0 Å². The maximum atomic E-state index is 13.6. The van der Waals surface area contributed by atoms with Crippen LogP contribution in [0.25, 0.3) is 17.0 Å². The molecule has 1 aliphatic rings. The first-order valence-electron chi connectivity index (χ1n) is 9.19. The lowest BCUT2D eigenvalue weighted by Gasteiger charge is -2.33. The molecule has 1 unspecified atom stereocenters. The summed E-state index contributed by atoms with van der Waals surface area (Å²) in [5, 5.41) is 3.08. The van der Waals surface area contributed by atoms with Crippen LogP contribution >= 0.6 is 11.8 Å². The first-order chi connectivity index (χ1) is 13.5. The number of H-pyrrole nitrogens is 1. The van der Waals surface area contributed by atoms with Crippen molar-refractivity contribution in [3.05, 3.63) is 46.5 Å². The average molecular weight is 401 g/mol. The van der Waals surface area contributed by atoms with E-state index in [1.54, 1.807) is 12.1 Å². The van der Waals surface area contributed by atoms with Gasteiger partial charge in [-0.15, -0.1) is 0 Å². The Hall–Kier alpha value is -2.68. The highest BCUT2D eigenvalue weighted by Crippen LogP contribution is 2.24. The molecule has 0 aliphatic carbocycles. The number of fused-ring (bicyclic) bond motifs is 1. The van der Waals surface area contributed by atoms with Gasteiger partial charge in [0.25, 0.3) is 5.56 Å². The fourth-order valence-electron chi connectivity index (χ4n) is 3.42. The van der Waals surface area contributed by atoms with E-state index in [1.807, 2.05) is 4.90 Å². The van der Waals surface area contributed by atoms with Gasteiger partial charge in [-0.3, -0.25) is 14.7 Å². The maximum Gasteiger partial charge on any atom is 0.266 e. The molecule has 7 nitrogen and oxygen atoms in total. The Labute approximate surface area is 165 Å². The molecule has 2 aromatic heterocycles. The van der Waals surface area contributed by atoms with E-state index in [2.05, 4.69) is 22.0 Å². The largest absolute Gasteiger partial charge is 0.339 e. The highest BCUT2D eigenvalue weighted by Gasteiger charge is 2.23. The third-order valence-corrected chi connectivity index (χ3v) is 5.78.